The molecule has 0 bridgehead atoms. The minimum absolute atomic E-state index is 0.129. The van der Waals surface area contributed by atoms with Crippen molar-refractivity contribution < 1.29 is 18.3 Å². The highest BCUT2D eigenvalue weighted by molar-refractivity contribution is 5.78. The van der Waals surface area contributed by atoms with Crippen LogP contribution in [0.3, 0.4) is 0 Å². The van der Waals surface area contributed by atoms with Gasteiger partial charge in [-0.3, -0.25) is 9.78 Å². The zero-order valence-electron chi connectivity index (χ0n) is 20.5. The number of hydrogen-bond acceptors (Lipinski definition) is 4. The summed E-state index contributed by atoms with van der Waals surface area (Å²) in [6.45, 7) is 4.25. The van der Waals surface area contributed by atoms with Crippen LogP contribution in [-0.2, 0) is 16.0 Å². The monoisotopic (exact) mass is 493 g/mol. The van der Waals surface area contributed by atoms with E-state index in [9.17, 15) is 13.6 Å². The van der Waals surface area contributed by atoms with Gasteiger partial charge >= 0.3 is 0 Å². The maximum Gasteiger partial charge on any atom is 0.226 e. The van der Waals surface area contributed by atoms with Crippen molar-refractivity contribution in [3.05, 3.63) is 77.7 Å². The third-order valence-electron chi connectivity index (χ3n) is 7.31. The standard InChI is InChI=1S/C29H33F2N3O2/c30-24-8-5-22(6-9-24)23-7-10-25(32-20-23)16-28(35)33-19-21-15-27(31)26-18-29(26,17-21)36-14-4-13-34-11-2-1-3-12-34/h5-10,15,17,20,26H,1-4,11-14,16,18-19H2,(H,33,35). The lowest BCUT2D eigenvalue weighted by atomic mass is 10.0. The number of carbonyl (C=O) groups excluding carboxylic acids is 1. The average molecular weight is 494 g/mol. The van der Waals surface area contributed by atoms with E-state index in [1.54, 1.807) is 24.4 Å². The number of fused-ring (bicyclic) bond motifs is 1. The summed E-state index contributed by atoms with van der Waals surface area (Å²) in [5.41, 5.74) is 2.54. The van der Waals surface area contributed by atoms with Gasteiger partial charge in [-0.05, 0) is 80.3 Å². The first-order valence-electron chi connectivity index (χ1n) is 12.9. The highest BCUT2D eigenvalue weighted by Gasteiger charge is 2.58. The van der Waals surface area contributed by atoms with E-state index < -0.39 is 5.60 Å². The summed E-state index contributed by atoms with van der Waals surface area (Å²) in [5.74, 6) is -0.807. The molecule has 0 spiro atoms. The maximum atomic E-state index is 14.6. The minimum atomic E-state index is -0.543. The van der Waals surface area contributed by atoms with Gasteiger partial charge in [-0.25, -0.2) is 8.78 Å². The van der Waals surface area contributed by atoms with E-state index in [1.165, 1.54) is 50.6 Å². The van der Waals surface area contributed by atoms with Crippen LogP contribution in [0.25, 0.3) is 11.1 Å². The molecule has 1 aromatic carbocycles. The number of nitrogens with one attached hydrogen (secondary N) is 1. The molecular weight excluding hydrogens is 460 g/mol. The Morgan fingerprint density at radius 2 is 1.86 bits per heavy atom. The van der Waals surface area contributed by atoms with Crippen LogP contribution in [0.2, 0.25) is 0 Å². The number of amides is 1. The molecule has 5 rings (SSSR count). The Balaban J connectivity index is 1.09. The van der Waals surface area contributed by atoms with Gasteiger partial charge in [0.25, 0.3) is 0 Å². The van der Waals surface area contributed by atoms with Crippen molar-refractivity contribution in [2.24, 2.45) is 5.92 Å². The molecule has 2 aromatic rings. The second-order valence-corrected chi connectivity index (χ2v) is 10.1. The molecule has 0 radical (unpaired) electrons. The van der Waals surface area contributed by atoms with Gasteiger partial charge in [-0.1, -0.05) is 24.6 Å². The van der Waals surface area contributed by atoms with E-state index in [1.807, 2.05) is 12.1 Å². The van der Waals surface area contributed by atoms with Crippen LogP contribution in [0.4, 0.5) is 8.78 Å². The van der Waals surface area contributed by atoms with Crippen molar-refractivity contribution in [2.45, 2.75) is 44.1 Å². The Kier molecular flexibility index (Phi) is 7.58. The first kappa shape index (κ1) is 24.8. The molecule has 2 unspecified atom stereocenters. The average Bonchev–Trinajstić information content (AvgIpc) is 3.63. The molecule has 2 aliphatic carbocycles. The van der Waals surface area contributed by atoms with Crippen molar-refractivity contribution in [3.63, 3.8) is 0 Å². The van der Waals surface area contributed by atoms with E-state index in [4.69, 9.17) is 4.74 Å². The van der Waals surface area contributed by atoms with Crippen molar-refractivity contribution in [2.75, 3.05) is 32.8 Å². The molecule has 2 heterocycles. The van der Waals surface area contributed by atoms with Crippen LogP contribution < -0.4 is 5.32 Å². The fraction of sp³-hybridized carbons (Fsp3) is 0.448. The number of halogens is 2. The van der Waals surface area contributed by atoms with E-state index in [0.717, 1.165) is 29.7 Å². The van der Waals surface area contributed by atoms with Crippen LogP contribution in [0.5, 0.6) is 0 Å². The Hall–Kier alpha value is -2.90. The molecule has 3 aliphatic rings. The fourth-order valence-electron chi connectivity index (χ4n) is 5.19. The molecular formula is C29H33F2N3O2. The van der Waals surface area contributed by atoms with Crippen molar-refractivity contribution in [3.8, 4) is 11.1 Å². The summed E-state index contributed by atoms with van der Waals surface area (Å²) in [6.07, 6.45) is 10.8. The van der Waals surface area contributed by atoms with Gasteiger partial charge in [0.2, 0.25) is 5.91 Å². The smallest absolute Gasteiger partial charge is 0.226 e. The first-order valence-corrected chi connectivity index (χ1v) is 12.9. The van der Waals surface area contributed by atoms with Crippen LogP contribution in [-0.4, -0.2) is 54.2 Å². The SMILES string of the molecule is O=C(Cc1ccc(-c2ccc(F)cc2)cn1)NCC1=CC2(OCCCN3CCCCC3)CC2C(F)=C1. The number of nitrogens with zero attached hydrogens (tertiary/aromatic N) is 2. The molecule has 2 fully saturated rings. The van der Waals surface area contributed by atoms with Crippen LogP contribution in [0.1, 0.15) is 37.8 Å². The summed E-state index contributed by atoms with van der Waals surface area (Å²) in [4.78, 5) is 19.3. The summed E-state index contributed by atoms with van der Waals surface area (Å²) >= 11 is 0. The summed E-state index contributed by atoms with van der Waals surface area (Å²) in [6, 6.07) is 9.85. The largest absolute Gasteiger partial charge is 0.370 e. The van der Waals surface area contributed by atoms with Gasteiger partial charge in [0, 0.05) is 43.1 Å². The molecule has 1 N–H and O–H groups in total. The van der Waals surface area contributed by atoms with Gasteiger partial charge in [-0.15, -0.1) is 0 Å². The number of carbonyl (C=O) groups is 1. The Morgan fingerprint density at radius 3 is 2.61 bits per heavy atom. The Morgan fingerprint density at radius 1 is 1.08 bits per heavy atom. The lowest BCUT2D eigenvalue weighted by Gasteiger charge is -2.26. The van der Waals surface area contributed by atoms with Crippen LogP contribution in [0, 0.1) is 11.7 Å². The number of benzene rings is 1. The van der Waals surface area contributed by atoms with E-state index in [-0.39, 0.29) is 36.4 Å². The molecule has 36 heavy (non-hydrogen) atoms. The zero-order chi connectivity index (χ0) is 25.0. The number of hydrogen-bond donors (Lipinski definition) is 1. The minimum Gasteiger partial charge on any atom is -0.370 e. The van der Waals surface area contributed by atoms with Crippen LogP contribution >= 0.6 is 0 Å². The van der Waals surface area contributed by atoms with E-state index in [2.05, 4.69) is 15.2 Å². The topological polar surface area (TPSA) is 54.5 Å². The van der Waals surface area contributed by atoms with Crippen molar-refractivity contribution in [1.82, 2.24) is 15.2 Å². The van der Waals surface area contributed by atoms with Crippen molar-refractivity contribution in [1.29, 1.82) is 0 Å². The highest BCUT2D eigenvalue weighted by atomic mass is 19.1. The molecule has 5 nitrogen and oxygen atoms in total. The number of aromatic nitrogens is 1. The molecule has 1 aromatic heterocycles. The quantitative estimate of drug-likeness (QED) is 0.474. The fourth-order valence-corrected chi connectivity index (χ4v) is 5.19. The maximum absolute atomic E-state index is 14.6. The highest BCUT2D eigenvalue weighted by Crippen LogP contribution is 2.55. The number of piperidine rings is 1. The number of ether oxygens (including phenoxy) is 1. The van der Waals surface area contributed by atoms with Gasteiger partial charge in [0.15, 0.2) is 0 Å². The summed E-state index contributed by atoms with van der Waals surface area (Å²) in [7, 11) is 0. The summed E-state index contributed by atoms with van der Waals surface area (Å²) in [5, 5.41) is 2.88. The van der Waals surface area contributed by atoms with Gasteiger partial charge in [0.05, 0.1) is 12.0 Å². The lowest BCUT2D eigenvalue weighted by molar-refractivity contribution is -0.120. The molecule has 7 heteroatoms. The normalized spacial score (nSPS) is 23.4. The van der Waals surface area contributed by atoms with Gasteiger partial charge < -0.3 is 15.0 Å². The van der Waals surface area contributed by atoms with E-state index >= 15 is 0 Å². The zero-order valence-corrected chi connectivity index (χ0v) is 20.5. The van der Waals surface area contributed by atoms with Gasteiger partial charge in [-0.2, -0.15) is 0 Å². The molecule has 1 aliphatic heterocycles. The number of rotatable bonds is 10. The molecule has 2 atom stereocenters. The predicted octanol–water partition coefficient (Wildman–Crippen LogP) is 4.99. The number of pyridine rings is 1. The number of likely N-dealkylation sites (tertiary alicyclic amines) is 1. The summed E-state index contributed by atoms with van der Waals surface area (Å²) < 4.78 is 33.9. The Labute approximate surface area is 211 Å². The van der Waals surface area contributed by atoms with Gasteiger partial charge in [0.1, 0.15) is 11.6 Å². The third kappa shape index (κ3) is 6.08. The first-order chi connectivity index (χ1) is 17.5. The predicted molar refractivity (Wildman–Crippen MR) is 135 cm³/mol. The van der Waals surface area contributed by atoms with Crippen LogP contribution in [0.15, 0.2) is 66.1 Å². The second-order valence-electron chi connectivity index (χ2n) is 10.1. The third-order valence-corrected chi connectivity index (χ3v) is 7.31. The molecule has 1 saturated heterocycles. The molecule has 1 saturated carbocycles. The lowest BCUT2D eigenvalue weighted by Crippen LogP contribution is -2.32. The van der Waals surface area contributed by atoms with Crippen molar-refractivity contribution >= 4 is 5.91 Å². The molecule has 190 valence electrons. The molecule has 1 amide bonds. The van der Waals surface area contributed by atoms with E-state index in [0.29, 0.717) is 18.7 Å². The second kappa shape index (κ2) is 11.0. The Bertz CT molecular complexity index is 1120.